The Bertz CT molecular complexity index is 959. The number of hydrogen-bond acceptors (Lipinski definition) is 4. The lowest BCUT2D eigenvalue weighted by atomic mass is 10.2. The van der Waals surface area contributed by atoms with Crippen LogP contribution in [0.15, 0.2) is 39.5 Å². The molecule has 1 aromatic carbocycles. The molecule has 3 rings (SSSR count). The lowest BCUT2D eigenvalue weighted by Crippen LogP contribution is -2.31. The smallest absolute Gasteiger partial charge is 0.276 e. The summed E-state index contributed by atoms with van der Waals surface area (Å²) in [5, 5.41) is 7.49. The molecule has 6 nitrogen and oxygen atoms in total. The molecule has 0 atom stereocenters. The van der Waals surface area contributed by atoms with E-state index in [0.717, 1.165) is 5.76 Å². The van der Waals surface area contributed by atoms with Crippen molar-refractivity contribution >= 4 is 28.4 Å². The van der Waals surface area contributed by atoms with Crippen LogP contribution in [0.5, 0.6) is 0 Å². The Morgan fingerprint density at radius 2 is 2.13 bits per heavy atom. The lowest BCUT2D eigenvalue weighted by molar-refractivity contribution is 0.0940. The van der Waals surface area contributed by atoms with Crippen LogP contribution in [0, 0.1) is 6.92 Å². The summed E-state index contributed by atoms with van der Waals surface area (Å²) in [6, 6.07) is 8.47. The first-order valence-corrected chi connectivity index (χ1v) is 7.33. The largest absolute Gasteiger partial charge is 0.465 e. The minimum absolute atomic E-state index is 0.175. The molecule has 0 saturated heterocycles. The third-order valence-corrected chi connectivity index (χ3v) is 3.69. The summed E-state index contributed by atoms with van der Waals surface area (Å²) in [5.74, 6) is 0.807. The van der Waals surface area contributed by atoms with Crippen LogP contribution in [-0.2, 0) is 13.6 Å². The molecule has 0 aliphatic rings. The Hall–Kier alpha value is -2.60. The minimum Gasteiger partial charge on any atom is -0.465 e. The van der Waals surface area contributed by atoms with Crippen molar-refractivity contribution in [1.82, 2.24) is 15.1 Å². The van der Waals surface area contributed by atoms with Gasteiger partial charge in [0.25, 0.3) is 5.91 Å². The maximum absolute atomic E-state index is 12.5. The van der Waals surface area contributed by atoms with Crippen molar-refractivity contribution < 1.29 is 9.21 Å². The van der Waals surface area contributed by atoms with E-state index in [1.165, 1.54) is 10.7 Å². The van der Waals surface area contributed by atoms with Gasteiger partial charge in [-0.25, -0.2) is 0 Å². The number of nitrogens with zero attached hydrogens (tertiary/aromatic N) is 2. The SMILES string of the molecule is Cc1ccc(CNC(=O)c2nn(C)c3ccc(Cl)cc3c2=O)o1. The van der Waals surface area contributed by atoms with Crippen molar-refractivity contribution in [2.45, 2.75) is 13.5 Å². The molecule has 0 bridgehead atoms. The Labute approximate surface area is 136 Å². The molecule has 1 amide bonds. The molecule has 0 saturated carbocycles. The summed E-state index contributed by atoms with van der Waals surface area (Å²) in [4.78, 5) is 24.7. The zero-order valence-corrected chi connectivity index (χ0v) is 13.3. The zero-order valence-electron chi connectivity index (χ0n) is 12.6. The summed E-state index contributed by atoms with van der Waals surface area (Å²) in [7, 11) is 1.67. The second-order valence-electron chi connectivity index (χ2n) is 5.16. The van der Waals surface area contributed by atoms with Crippen LogP contribution in [-0.4, -0.2) is 15.7 Å². The van der Waals surface area contributed by atoms with Gasteiger partial charge in [-0.1, -0.05) is 11.6 Å². The Balaban J connectivity index is 1.94. The van der Waals surface area contributed by atoms with E-state index in [1.807, 2.05) is 6.92 Å². The molecule has 1 N–H and O–H groups in total. The average molecular weight is 332 g/mol. The van der Waals surface area contributed by atoms with Crippen LogP contribution >= 0.6 is 11.6 Å². The fourth-order valence-corrected chi connectivity index (χ4v) is 2.50. The minimum atomic E-state index is -0.554. The van der Waals surface area contributed by atoms with Crippen molar-refractivity contribution in [2.24, 2.45) is 7.05 Å². The molecule has 23 heavy (non-hydrogen) atoms. The highest BCUT2D eigenvalue weighted by Crippen LogP contribution is 2.15. The summed E-state index contributed by atoms with van der Waals surface area (Å²) in [6.07, 6.45) is 0. The summed E-state index contributed by atoms with van der Waals surface area (Å²) in [6.45, 7) is 2.00. The normalized spacial score (nSPS) is 10.9. The highest BCUT2D eigenvalue weighted by atomic mass is 35.5. The molecule has 118 valence electrons. The van der Waals surface area contributed by atoms with E-state index in [-0.39, 0.29) is 12.2 Å². The Kier molecular flexibility index (Phi) is 3.92. The van der Waals surface area contributed by atoms with Crippen LogP contribution in [0.1, 0.15) is 22.0 Å². The number of carbonyl (C=O) groups excluding carboxylic acids is 1. The van der Waals surface area contributed by atoms with Gasteiger partial charge in [-0.2, -0.15) is 5.10 Å². The molecular weight excluding hydrogens is 318 g/mol. The van der Waals surface area contributed by atoms with Crippen LogP contribution in [0.2, 0.25) is 5.02 Å². The number of furan rings is 1. The third-order valence-electron chi connectivity index (χ3n) is 3.45. The number of aromatic nitrogens is 2. The second-order valence-corrected chi connectivity index (χ2v) is 5.59. The van der Waals surface area contributed by atoms with Gasteiger partial charge >= 0.3 is 0 Å². The van der Waals surface area contributed by atoms with E-state index in [0.29, 0.717) is 21.7 Å². The molecule has 0 spiro atoms. The van der Waals surface area contributed by atoms with Gasteiger partial charge in [0, 0.05) is 12.1 Å². The first-order valence-electron chi connectivity index (χ1n) is 6.96. The number of rotatable bonds is 3. The number of nitrogens with one attached hydrogen (secondary N) is 1. The van der Waals surface area contributed by atoms with Gasteiger partial charge < -0.3 is 9.73 Å². The van der Waals surface area contributed by atoms with Crippen molar-refractivity contribution in [1.29, 1.82) is 0 Å². The number of aryl methyl sites for hydroxylation is 2. The van der Waals surface area contributed by atoms with Crippen molar-refractivity contribution in [2.75, 3.05) is 0 Å². The lowest BCUT2D eigenvalue weighted by Gasteiger charge is -2.08. The first kappa shape index (κ1) is 15.3. The number of amides is 1. The second kappa shape index (κ2) is 5.89. The third kappa shape index (κ3) is 2.98. The number of halogens is 1. The number of fused-ring (bicyclic) bond motifs is 1. The molecule has 2 aromatic heterocycles. The predicted octanol–water partition coefficient (Wildman–Crippen LogP) is 2.42. The molecule has 0 aliphatic heterocycles. The molecule has 0 aliphatic carbocycles. The van der Waals surface area contributed by atoms with Gasteiger partial charge in [-0.05, 0) is 37.3 Å². The summed E-state index contributed by atoms with van der Waals surface area (Å²) < 4.78 is 6.86. The summed E-state index contributed by atoms with van der Waals surface area (Å²) >= 11 is 5.94. The van der Waals surface area contributed by atoms with E-state index in [2.05, 4.69) is 10.4 Å². The monoisotopic (exact) mass is 331 g/mol. The zero-order chi connectivity index (χ0) is 16.6. The van der Waals surface area contributed by atoms with Crippen molar-refractivity contribution in [3.8, 4) is 0 Å². The predicted molar refractivity (Wildman–Crippen MR) is 86.6 cm³/mol. The fraction of sp³-hybridized carbons (Fsp3) is 0.188. The molecule has 7 heteroatoms. The number of carbonyl (C=O) groups is 1. The first-order chi connectivity index (χ1) is 11.0. The van der Waals surface area contributed by atoms with E-state index in [4.69, 9.17) is 16.0 Å². The van der Waals surface area contributed by atoms with Crippen LogP contribution in [0.3, 0.4) is 0 Å². The Morgan fingerprint density at radius 1 is 1.35 bits per heavy atom. The van der Waals surface area contributed by atoms with Crippen LogP contribution < -0.4 is 10.7 Å². The van der Waals surface area contributed by atoms with E-state index < -0.39 is 11.3 Å². The molecule has 2 heterocycles. The number of hydrogen-bond donors (Lipinski definition) is 1. The molecule has 0 fully saturated rings. The van der Waals surface area contributed by atoms with Crippen molar-refractivity contribution in [3.63, 3.8) is 0 Å². The van der Waals surface area contributed by atoms with Gasteiger partial charge in [-0.15, -0.1) is 0 Å². The molecule has 0 unspecified atom stereocenters. The highest BCUT2D eigenvalue weighted by Gasteiger charge is 2.17. The van der Waals surface area contributed by atoms with Gasteiger partial charge in [-0.3, -0.25) is 14.3 Å². The average Bonchev–Trinajstić information content (AvgIpc) is 2.94. The van der Waals surface area contributed by atoms with E-state index >= 15 is 0 Å². The van der Waals surface area contributed by atoms with Gasteiger partial charge in [0.2, 0.25) is 5.43 Å². The molecule has 3 aromatic rings. The Morgan fingerprint density at radius 3 is 2.83 bits per heavy atom. The summed E-state index contributed by atoms with van der Waals surface area (Å²) in [5.41, 5.74) is -0.0168. The number of benzene rings is 1. The fourth-order valence-electron chi connectivity index (χ4n) is 2.33. The van der Waals surface area contributed by atoms with E-state index in [1.54, 1.807) is 31.3 Å². The topological polar surface area (TPSA) is 77.1 Å². The van der Waals surface area contributed by atoms with Crippen LogP contribution in [0.4, 0.5) is 0 Å². The molecular formula is C16H14ClN3O3. The van der Waals surface area contributed by atoms with Gasteiger partial charge in [0.15, 0.2) is 5.69 Å². The van der Waals surface area contributed by atoms with Crippen LogP contribution in [0.25, 0.3) is 10.9 Å². The van der Waals surface area contributed by atoms with E-state index in [9.17, 15) is 9.59 Å². The van der Waals surface area contributed by atoms with Gasteiger partial charge in [0.1, 0.15) is 11.5 Å². The maximum Gasteiger partial charge on any atom is 0.276 e. The van der Waals surface area contributed by atoms with Crippen molar-refractivity contribution in [3.05, 3.63) is 62.8 Å². The highest BCUT2D eigenvalue weighted by molar-refractivity contribution is 6.31. The standard InChI is InChI=1S/C16H14ClN3O3/c1-9-3-5-11(23-9)8-18-16(22)14-15(21)12-7-10(17)4-6-13(12)20(2)19-14/h3-7H,8H2,1-2H3,(H,18,22). The quantitative estimate of drug-likeness (QED) is 0.799. The van der Waals surface area contributed by atoms with Gasteiger partial charge in [0.05, 0.1) is 17.4 Å². The molecule has 0 radical (unpaired) electrons. The maximum atomic E-state index is 12.5.